The molecule has 1 saturated heterocycles. The van der Waals surface area contributed by atoms with Crippen molar-refractivity contribution in [3.63, 3.8) is 0 Å². The number of hydrogen-bond donors (Lipinski definition) is 1. The van der Waals surface area contributed by atoms with Gasteiger partial charge in [-0.05, 0) is 36.8 Å². The average Bonchev–Trinajstić information content (AvgIpc) is 2.33. The minimum atomic E-state index is -0.462. The summed E-state index contributed by atoms with van der Waals surface area (Å²) in [6, 6.07) is 5.82. The van der Waals surface area contributed by atoms with Crippen molar-refractivity contribution in [2.24, 2.45) is 5.92 Å². The summed E-state index contributed by atoms with van der Waals surface area (Å²) >= 11 is 6.22. The van der Waals surface area contributed by atoms with E-state index in [1.807, 2.05) is 25.1 Å². The lowest BCUT2D eigenvalue weighted by Crippen LogP contribution is -2.22. The first kappa shape index (κ1) is 11.9. The Hall–Kier alpha value is -0.570. The second-order valence-corrected chi connectivity index (χ2v) is 4.75. The number of aliphatic hydroxyl groups excluding tert-OH is 1. The maximum Gasteiger partial charge on any atom is 0.0834 e. The first-order chi connectivity index (χ1) is 7.70. The predicted molar refractivity (Wildman–Crippen MR) is 64.7 cm³/mol. The summed E-state index contributed by atoms with van der Waals surface area (Å²) in [5.74, 6) is 0.271. The Balaban J connectivity index is 2.19. The quantitative estimate of drug-likeness (QED) is 0.861. The number of halogens is 1. The number of aryl methyl sites for hydroxylation is 1. The fourth-order valence-electron chi connectivity index (χ4n) is 2.18. The number of hydrogen-bond acceptors (Lipinski definition) is 2. The van der Waals surface area contributed by atoms with Crippen molar-refractivity contribution in [3.05, 3.63) is 34.3 Å². The van der Waals surface area contributed by atoms with E-state index in [2.05, 4.69) is 0 Å². The van der Waals surface area contributed by atoms with E-state index in [4.69, 9.17) is 16.3 Å². The lowest BCUT2D eigenvalue weighted by atomic mass is 9.89. The van der Waals surface area contributed by atoms with Gasteiger partial charge in [-0.2, -0.15) is 0 Å². The molecule has 0 spiro atoms. The van der Waals surface area contributed by atoms with Crippen LogP contribution >= 0.6 is 11.6 Å². The average molecular weight is 241 g/mol. The van der Waals surface area contributed by atoms with Crippen molar-refractivity contribution in [1.82, 2.24) is 0 Å². The second-order valence-electron chi connectivity index (χ2n) is 4.37. The molecule has 1 aromatic rings. The minimum Gasteiger partial charge on any atom is -0.388 e. The fourth-order valence-corrected chi connectivity index (χ4v) is 2.42. The lowest BCUT2D eigenvalue weighted by Gasteiger charge is -2.27. The van der Waals surface area contributed by atoms with E-state index in [0.29, 0.717) is 5.02 Å². The van der Waals surface area contributed by atoms with Crippen LogP contribution < -0.4 is 0 Å². The summed E-state index contributed by atoms with van der Waals surface area (Å²) in [5.41, 5.74) is 1.87. The van der Waals surface area contributed by atoms with Gasteiger partial charge in [0.2, 0.25) is 0 Å². The van der Waals surface area contributed by atoms with E-state index in [-0.39, 0.29) is 5.92 Å². The molecule has 1 unspecified atom stereocenters. The van der Waals surface area contributed by atoms with Crippen molar-refractivity contribution in [1.29, 1.82) is 0 Å². The molecule has 1 atom stereocenters. The van der Waals surface area contributed by atoms with Crippen molar-refractivity contribution in [3.8, 4) is 0 Å². The van der Waals surface area contributed by atoms with Gasteiger partial charge in [-0.15, -0.1) is 0 Å². The molecule has 1 aliphatic heterocycles. The normalized spacial score (nSPS) is 19.7. The van der Waals surface area contributed by atoms with Crippen LogP contribution in [0.3, 0.4) is 0 Å². The van der Waals surface area contributed by atoms with Gasteiger partial charge in [0.25, 0.3) is 0 Å². The van der Waals surface area contributed by atoms with Crippen molar-refractivity contribution in [2.45, 2.75) is 25.9 Å². The molecule has 1 aromatic carbocycles. The van der Waals surface area contributed by atoms with Crippen LogP contribution in [0.1, 0.15) is 30.1 Å². The summed E-state index contributed by atoms with van der Waals surface area (Å²) < 4.78 is 5.30. The van der Waals surface area contributed by atoms with Gasteiger partial charge < -0.3 is 9.84 Å². The minimum absolute atomic E-state index is 0.271. The monoisotopic (exact) mass is 240 g/mol. The highest BCUT2D eigenvalue weighted by molar-refractivity contribution is 6.32. The maximum atomic E-state index is 10.3. The molecule has 2 rings (SSSR count). The molecule has 0 radical (unpaired) electrons. The third kappa shape index (κ3) is 2.40. The molecule has 1 aliphatic rings. The highest BCUT2D eigenvalue weighted by Crippen LogP contribution is 2.34. The third-order valence-corrected chi connectivity index (χ3v) is 3.77. The molecule has 2 nitrogen and oxygen atoms in total. The molecule has 1 N–H and O–H groups in total. The van der Waals surface area contributed by atoms with E-state index in [1.54, 1.807) is 0 Å². The van der Waals surface area contributed by atoms with E-state index in [9.17, 15) is 5.11 Å². The fraction of sp³-hybridized carbons (Fsp3) is 0.538. The SMILES string of the molecule is Cc1cccc(C(O)C2CCOCC2)c1Cl. The highest BCUT2D eigenvalue weighted by atomic mass is 35.5. The molecular formula is C13H17ClO2. The van der Waals surface area contributed by atoms with Gasteiger partial charge in [0.05, 0.1) is 6.10 Å². The van der Waals surface area contributed by atoms with Gasteiger partial charge in [0, 0.05) is 18.2 Å². The Kier molecular flexibility index (Phi) is 3.85. The molecule has 0 aliphatic carbocycles. The van der Waals surface area contributed by atoms with E-state index >= 15 is 0 Å². The van der Waals surface area contributed by atoms with Crippen LogP contribution in [0.4, 0.5) is 0 Å². The Morgan fingerprint density at radius 3 is 2.75 bits per heavy atom. The van der Waals surface area contributed by atoms with Crippen LogP contribution in [0.15, 0.2) is 18.2 Å². The van der Waals surface area contributed by atoms with Crippen LogP contribution in [0.25, 0.3) is 0 Å². The van der Waals surface area contributed by atoms with E-state index in [1.165, 1.54) is 0 Å². The smallest absolute Gasteiger partial charge is 0.0834 e. The molecule has 1 fully saturated rings. The second kappa shape index (κ2) is 5.17. The van der Waals surface area contributed by atoms with Gasteiger partial charge in [0.15, 0.2) is 0 Å². The number of ether oxygens (including phenoxy) is 1. The molecular weight excluding hydrogens is 224 g/mol. The van der Waals surface area contributed by atoms with Gasteiger partial charge in [-0.25, -0.2) is 0 Å². The zero-order valence-electron chi connectivity index (χ0n) is 9.45. The van der Waals surface area contributed by atoms with Gasteiger partial charge in [-0.3, -0.25) is 0 Å². The summed E-state index contributed by atoms with van der Waals surface area (Å²) in [5, 5.41) is 11.0. The molecule has 0 bridgehead atoms. The van der Waals surface area contributed by atoms with Crippen LogP contribution in [0.5, 0.6) is 0 Å². The summed E-state index contributed by atoms with van der Waals surface area (Å²) in [7, 11) is 0. The van der Waals surface area contributed by atoms with Crippen molar-refractivity contribution < 1.29 is 9.84 Å². The number of aliphatic hydroxyl groups is 1. The van der Waals surface area contributed by atoms with Gasteiger partial charge >= 0.3 is 0 Å². The van der Waals surface area contributed by atoms with E-state index in [0.717, 1.165) is 37.2 Å². The van der Waals surface area contributed by atoms with Gasteiger partial charge in [0.1, 0.15) is 0 Å². The van der Waals surface area contributed by atoms with Crippen LogP contribution in [0.2, 0.25) is 5.02 Å². The first-order valence-corrected chi connectivity index (χ1v) is 6.09. The zero-order chi connectivity index (χ0) is 11.5. The summed E-state index contributed by atoms with van der Waals surface area (Å²) in [6.07, 6.45) is 1.35. The molecule has 88 valence electrons. The van der Waals surface area contributed by atoms with Crippen LogP contribution in [-0.2, 0) is 4.74 Å². The molecule has 0 aromatic heterocycles. The topological polar surface area (TPSA) is 29.5 Å². The highest BCUT2D eigenvalue weighted by Gasteiger charge is 2.25. The first-order valence-electron chi connectivity index (χ1n) is 5.71. The maximum absolute atomic E-state index is 10.3. The Morgan fingerprint density at radius 1 is 1.38 bits per heavy atom. The van der Waals surface area contributed by atoms with E-state index < -0.39 is 6.10 Å². The summed E-state index contributed by atoms with van der Waals surface area (Å²) in [4.78, 5) is 0. The molecule has 0 amide bonds. The van der Waals surface area contributed by atoms with Crippen molar-refractivity contribution >= 4 is 11.6 Å². The molecule has 0 saturated carbocycles. The molecule has 3 heteroatoms. The number of rotatable bonds is 2. The molecule has 1 heterocycles. The Morgan fingerprint density at radius 2 is 2.06 bits per heavy atom. The Labute approximate surface area is 101 Å². The largest absolute Gasteiger partial charge is 0.388 e. The van der Waals surface area contributed by atoms with Crippen LogP contribution in [-0.4, -0.2) is 18.3 Å². The van der Waals surface area contributed by atoms with Crippen LogP contribution in [0, 0.1) is 12.8 Å². The van der Waals surface area contributed by atoms with Crippen molar-refractivity contribution in [2.75, 3.05) is 13.2 Å². The Bertz CT molecular complexity index is 359. The molecule has 16 heavy (non-hydrogen) atoms. The zero-order valence-corrected chi connectivity index (χ0v) is 10.2. The standard InChI is InChI=1S/C13H17ClO2/c1-9-3-2-4-11(12(9)14)13(15)10-5-7-16-8-6-10/h2-4,10,13,15H,5-8H2,1H3. The third-order valence-electron chi connectivity index (χ3n) is 3.25. The van der Waals surface area contributed by atoms with Gasteiger partial charge in [-0.1, -0.05) is 29.8 Å². The predicted octanol–water partition coefficient (Wildman–Crippen LogP) is 3.11. The lowest BCUT2D eigenvalue weighted by molar-refractivity contribution is 0.00720. The summed E-state index contributed by atoms with van der Waals surface area (Å²) in [6.45, 7) is 3.44. The number of benzene rings is 1.